The van der Waals surface area contributed by atoms with Gasteiger partial charge >= 0.3 is 75.0 Å². The topological polar surface area (TPSA) is 121 Å². The molecule has 0 rings (SSSR count). The number of hydrogen-bond acceptors (Lipinski definition) is 6. The Labute approximate surface area is 127 Å². The zero-order chi connectivity index (χ0) is 8.31. The van der Waals surface area contributed by atoms with Crippen LogP contribution in [0.1, 0.15) is 0 Å². The first-order chi connectivity index (χ1) is 4.46. The van der Waals surface area contributed by atoms with E-state index in [2.05, 4.69) is 0 Å². The van der Waals surface area contributed by atoms with Gasteiger partial charge in [-0.05, 0) is 0 Å². The second kappa shape index (κ2) is 8.92. The summed E-state index contributed by atoms with van der Waals surface area (Å²) in [7, 11) is 0. The number of aliphatic carboxylic acids is 2. The van der Waals surface area contributed by atoms with Gasteiger partial charge in [-0.3, -0.25) is 0 Å². The summed E-state index contributed by atoms with van der Waals surface area (Å²) in [5, 5.41) is 35.7. The minimum Gasteiger partial charge on any atom is -0.547 e. The average Bonchev–Trinajstić information content (AvgIpc) is 1.84. The maximum absolute atomic E-state index is 9.63. The van der Waals surface area contributed by atoms with Crippen LogP contribution >= 0.6 is 0 Å². The summed E-state index contributed by atoms with van der Waals surface area (Å²) in [6.45, 7) is 0. The Bertz CT molecular complexity index is 144. The van der Waals surface area contributed by atoms with Crippen molar-refractivity contribution >= 4 is 57.4 Å². The first-order valence-corrected chi connectivity index (χ1v) is 2.24. The van der Waals surface area contributed by atoms with Gasteiger partial charge in [-0.1, -0.05) is 0 Å². The molecule has 2 N–H and O–H groups in total. The summed E-state index contributed by atoms with van der Waals surface area (Å²) in [6, 6.07) is 0. The standard InChI is InChI=1S/C4H6O6.Na.Sr/c5-1(3(7)8)2(6)4(9)10;;/h1-2,5-6H,(H,7,8)(H,9,10);;/q;+1;+2/p-2. The Kier molecular flexibility index (Phi) is 14.1. The quantitative estimate of drug-likeness (QED) is 0.485. The van der Waals surface area contributed by atoms with Crippen molar-refractivity contribution in [2.24, 2.45) is 0 Å². The zero-order valence-corrected chi connectivity index (χ0v) is 11.9. The molecule has 2 unspecified atom stereocenters. The monoisotopic (exact) mass is 259 g/mol. The summed E-state index contributed by atoms with van der Waals surface area (Å²) < 4.78 is 0. The second-order valence-corrected chi connectivity index (χ2v) is 1.53. The molecule has 0 aromatic heterocycles. The van der Waals surface area contributed by atoms with E-state index in [1.807, 2.05) is 0 Å². The number of carbonyl (C=O) groups excluding carboxylic acids is 2. The molecule has 0 fully saturated rings. The van der Waals surface area contributed by atoms with Crippen molar-refractivity contribution in [1.29, 1.82) is 0 Å². The summed E-state index contributed by atoms with van der Waals surface area (Å²) in [6.07, 6.45) is -4.88. The minimum atomic E-state index is -2.44. The molecule has 0 radical (unpaired) electrons. The van der Waals surface area contributed by atoms with Crippen LogP contribution in [0.15, 0.2) is 0 Å². The fourth-order valence-corrected chi connectivity index (χ4v) is 0.258. The maximum atomic E-state index is 9.63. The molecule has 0 heterocycles. The zero-order valence-electron chi connectivity index (χ0n) is 6.39. The summed E-state index contributed by atoms with van der Waals surface area (Å²) >= 11 is 0. The van der Waals surface area contributed by atoms with Crippen molar-refractivity contribution in [3.05, 3.63) is 0 Å². The average molecular weight is 259 g/mol. The summed E-state index contributed by atoms with van der Waals surface area (Å²) in [4.78, 5) is 19.3. The van der Waals surface area contributed by atoms with Crippen molar-refractivity contribution in [2.75, 3.05) is 0 Å². The molecule has 58 valence electrons. The largest absolute Gasteiger partial charge is 2.00 e. The third-order valence-corrected chi connectivity index (χ3v) is 0.782. The normalized spacial score (nSPS) is 13.2. The Hall–Kier alpha value is 1.34. The van der Waals surface area contributed by atoms with E-state index in [4.69, 9.17) is 10.2 Å². The molecule has 0 amide bonds. The van der Waals surface area contributed by atoms with Gasteiger partial charge in [0.2, 0.25) is 0 Å². The molecule has 2 atom stereocenters. The number of rotatable bonds is 3. The van der Waals surface area contributed by atoms with Crippen LogP contribution in [0.2, 0.25) is 0 Å². The Morgan fingerprint density at radius 3 is 1.25 bits per heavy atom. The van der Waals surface area contributed by atoms with Gasteiger partial charge in [-0.25, -0.2) is 0 Å². The van der Waals surface area contributed by atoms with E-state index in [9.17, 15) is 19.8 Å². The SMILES string of the molecule is O=C([O-])C(O)C(O)C(=O)[O-].[Na+].[Sr+2]. The van der Waals surface area contributed by atoms with E-state index in [0.29, 0.717) is 0 Å². The number of aliphatic hydroxyl groups is 2. The number of carboxylic acids is 2. The van der Waals surface area contributed by atoms with E-state index >= 15 is 0 Å². The number of aliphatic hydroxyl groups excluding tert-OH is 2. The van der Waals surface area contributed by atoms with Crippen LogP contribution in [0.5, 0.6) is 0 Å². The van der Waals surface area contributed by atoms with E-state index in [1.165, 1.54) is 0 Å². The summed E-state index contributed by atoms with van der Waals surface area (Å²) in [5.74, 6) is -4.12. The predicted octanol–water partition coefficient (Wildman–Crippen LogP) is -8.17. The van der Waals surface area contributed by atoms with Crippen LogP contribution in [0.4, 0.5) is 0 Å². The van der Waals surface area contributed by atoms with Crippen LogP contribution in [-0.4, -0.2) is 79.8 Å². The third-order valence-electron chi connectivity index (χ3n) is 0.782. The van der Waals surface area contributed by atoms with Gasteiger partial charge in [-0.2, -0.15) is 0 Å². The van der Waals surface area contributed by atoms with Crippen molar-refractivity contribution in [2.45, 2.75) is 12.2 Å². The Balaban J connectivity index is -0.000000405. The molecule has 6 nitrogen and oxygen atoms in total. The molecular formula is C4H4NaO6Sr+. The van der Waals surface area contributed by atoms with Gasteiger partial charge < -0.3 is 30.0 Å². The van der Waals surface area contributed by atoms with Crippen molar-refractivity contribution in [3.8, 4) is 0 Å². The van der Waals surface area contributed by atoms with Crippen LogP contribution in [0, 0.1) is 0 Å². The van der Waals surface area contributed by atoms with Gasteiger partial charge in [0.15, 0.2) is 0 Å². The Morgan fingerprint density at radius 2 is 1.17 bits per heavy atom. The van der Waals surface area contributed by atoms with E-state index in [-0.39, 0.29) is 75.0 Å². The molecule has 0 aliphatic heterocycles. The number of hydrogen-bond donors (Lipinski definition) is 2. The molecule has 0 aromatic carbocycles. The fraction of sp³-hybridized carbons (Fsp3) is 0.500. The molecule has 0 bridgehead atoms. The van der Waals surface area contributed by atoms with Gasteiger partial charge in [0, 0.05) is 0 Å². The first kappa shape index (κ1) is 19.0. The van der Waals surface area contributed by atoms with Gasteiger partial charge in [0.25, 0.3) is 0 Å². The molecule has 0 saturated heterocycles. The molecule has 0 aliphatic rings. The van der Waals surface area contributed by atoms with E-state index < -0.39 is 24.1 Å². The first-order valence-electron chi connectivity index (χ1n) is 2.24. The predicted molar refractivity (Wildman–Crippen MR) is 27.8 cm³/mol. The van der Waals surface area contributed by atoms with Crippen LogP contribution < -0.4 is 39.8 Å². The molecule has 0 spiro atoms. The summed E-state index contributed by atoms with van der Waals surface area (Å²) in [5.41, 5.74) is 0. The van der Waals surface area contributed by atoms with E-state index in [0.717, 1.165) is 0 Å². The van der Waals surface area contributed by atoms with Gasteiger partial charge in [-0.15, -0.1) is 0 Å². The molecule has 8 heteroatoms. The smallest absolute Gasteiger partial charge is 0.547 e. The minimum absolute atomic E-state index is 0. The molecule has 12 heavy (non-hydrogen) atoms. The van der Waals surface area contributed by atoms with Crippen molar-refractivity contribution < 1.29 is 59.6 Å². The number of carboxylic acid groups (broad SMARTS) is 2. The van der Waals surface area contributed by atoms with Crippen LogP contribution in [-0.2, 0) is 9.59 Å². The second-order valence-electron chi connectivity index (χ2n) is 1.53. The fourth-order valence-electron chi connectivity index (χ4n) is 0.258. The van der Waals surface area contributed by atoms with Crippen LogP contribution in [0.3, 0.4) is 0 Å². The maximum Gasteiger partial charge on any atom is 2.00 e. The van der Waals surface area contributed by atoms with Gasteiger partial charge in [0.1, 0.15) is 12.2 Å². The molecular weight excluding hydrogens is 255 g/mol. The van der Waals surface area contributed by atoms with Crippen LogP contribution in [0.25, 0.3) is 0 Å². The molecule has 0 aromatic rings. The third kappa shape index (κ3) is 6.81. The van der Waals surface area contributed by atoms with Crippen molar-refractivity contribution in [1.82, 2.24) is 0 Å². The molecule has 0 aliphatic carbocycles. The number of carbonyl (C=O) groups is 2. The molecule has 0 saturated carbocycles. The van der Waals surface area contributed by atoms with Crippen molar-refractivity contribution in [3.63, 3.8) is 0 Å². The van der Waals surface area contributed by atoms with E-state index in [1.54, 1.807) is 0 Å². The van der Waals surface area contributed by atoms with Gasteiger partial charge in [0.05, 0.1) is 11.9 Å². The Morgan fingerprint density at radius 1 is 1.00 bits per heavy atom.